The van der Waals surface area contributed by atoms with Gasteiger partial charge < -0.3 is 9.47 Å². The molecule has 1 saturated heterocycles. The van der Waals surface area contributed by atoms with Crippen LogP contribution in [0.25, 0.3) is 0 Å². The van der Waals surface area contributed by atoms with Gasteiger partial charge in [-0.25, -0.2) is 9.59 Å². The number of carbonyl (C=O) groups is 2. The van der Waals surface area contributed by atoms with E-state index in [2.05, 4.69) is 9.47 Å². The first-order chi connectivity index (χ1) is 10.3. The maximum atomic E-state index is 12.9. The molecule has 1 aromatic carbocycles. The molecular weight excluding hydrogens is 305 g/mol. The number of amides is 1. The maximum Gasteiger partial charge on any atom is 0.417 e. The van der Waals surface area contributed by atoms with Gasteiger partial charge in [-0.15, -0.1) is 0 Å². The Hall–Kier alpha value is -2.76. The van der Waals surface area contributed by atoms with Gasteiger partial charge in [0.25, 0.3) is 0 Å². The Bertz CT molecular complexity index is 666. The quantitative estimate of drug-likeness (QED) is 0.781. The maximum absolute atomic E-state index is 12.9. The average molecular weight is 314 g/mol. The van der Waals surface area contributed by atoms with Crippen molar-refractivity contribution in [2.75, 3.05) is 18.6 Å². The predicted octanol–water partition coefficient (Wildman–Crippen LogP) is 2.08. The van der Waals surface area contributed by atoms with Gasteiger partial charge >= 0.3 is 18.2 Å². The summed E-state index contributed by atoms with van der Waals surface area (Å²) in [7, 11) is 1.09. The Labute approximate surface area is 122 Å². The van der Waals surface area contributed by atoms with Crippen LogP contribution in [0.2, 0.25) is 0 Å². The van der Waals surface area contributed by atoms with Crippen LogP contribution in [-0.4, -0.2) is 31.8 Å². The molecule has 1 atom stereocenters. The number of alkyl halides is 3. The molecule has 0 bridgehead atoms. The summed E-state index contributed by atoms with van der Waals surface area (Å²) < 4.78 is 48.0. The first kappa shape index (κ1) is 15.6. The Balaban J connectivity index is 2.50. The standard InChI is InChI=1S/C13H9F3N2O4/c1-21-11(19)10-6-22-12(20)18(10)8-3-2-7(5-17)9(4-8)13(14,15)16/h2-4,10H,6H2,1H3. The summed E-state index contributed by atoms with van der Waals surface area (Å²) in [5, 5.41) is 8.74. The molecule has 0 aromatic heterocycles. The van der Waals surface area contributed by atoms with E-state index in [4.69, 9.17) is 5.26 Å². The molecule has 22 heavy (non-hydrogen) atoms. The van der Waals surface area contributed by atoms with Gasteiger partial charge in [-0.05, 0) is 18.2 Å². The van der Waals surface area contributed by atoms with Crippen LogP contribution in [0.1, 0.15) is 11.1 Å². The number of cyclic esters (lactones) is 1. The zero-order chi connectivity index (χ0) is 16.5. The van der Waals surface area contributed by atoms with E-state index >= 15 is 0 Å². The fourth-order valence-electron chi connectivity index (χ4n) is 2.03. The molecular formula is C13H9F3N2O4. The van der Waals surface area contributed by atoms with Crippen LogP contribution >= 0.6 is 0 Å². The first-order valence-corrected chi connectivity index (χ1v) is 5.94. The molecule has 1 aliphatic heterocycles. The van der Waals surface area contributed by atoms with Crippen LogP contribution in [0, 0.1) is 11.3 Å². The van der Waals surface area contributed by atoms with Crippen LogP contribution < -0.4 is 4.90 Å². The molecule has 2 rings (SSSR count). The zero-order valence-corrected chi connectivity index (χ0v) is 11.2. The monoisotopic (exact) mass is 314 g/mol. The Morgan fingerprint density at radius 3 is 2.73 bits per heavy atom. The van der Waals surface area contributed by atoms with Gasteiger partial charge in [-0.3, -0.25) is 4.90 Å². The number of halogens is 3. The lowest BCUT2D eigenvalue weighted by molar-refractivity contribution is -0.142. The van der Waals surface area contributed by atoms with Gasteiger partial charge in [-0.1, -0.05) is 0 Å². The van der Waals surface area contributed by atoms with Gasteiger partial charge in [0.15, 0.2) is 6.04 Å². The minimum absolute atomic E-state index is 0.204. The lowest BCUT2D eigenvalue weighted by Crippen LogP contribution is -2.40. The normalized spacial score (nSPS) is 17.9. The third-order valence-corrected chi connectivity index (χ3v) is 3.05. The Morgan fingerprint density at radius 1 is 1.50 bits per heavy atom. The number of methoxy groups -OCH3 is 1. The molecule has 1 aromatic rings. The molecule has 1 heterocycles. The Morgan fingerprint density at radius 2 is 2.18 bits per heavy atom. The minimum atomic E-state index is -4.77. The second-order valence-electron chi connectivity index (χ2n) is 4.33. The smallest absolute Gasteiger partial charge is 0.417 e. The van der Waals surface area contributed by atoms with Crippen molar-refractivity contribution in [1.82, 2.24) is 0 Å². The van der Waals surface area contributed by atoms with Crippen LogP contribution in [0.3, 0.4) is 0 Å². The van der Waals surface area contributed by atoms with Gasteiger partial charge in [0.05, 0.1) is 24.3 Å². The largest absolute Gasteiger partial charge is 0.467 e. The van der Waals surface area contributed by atoms with E-state index in [0.717, 1.165) is 24.1 Å². The number of hydrogen-bond acceptors (Lipinski definition) is 5. The molecule has 1 aliphatic rings. The highest BCUT2D eigenvalue weighted by molar-refractivity contribution is 5.98. The number of nitriles is 1. The molecule has 0 aliphatic carbocycles. The number of nitrogens with zero attached hydrogens (tertiary/aromatic N) is 2. The third kappa shape index (κ3) is 2.67. The van der Waals surface area contributed by atoms with E-state index < -0.39 is 35.4 Å². The van der Waals surface area contributed by atoms with Crippen molar-refractivity contribution >= 4 is 17.7 Å². The van der Waals surface area contributed by atoms with Gasteiger partial charge in [0, 0.05) is 5.69 Å². The van der Waals surface area contributed by atoms with Crippen molar-refractivity contribution in [2.45, 2.75) is 12.2 Å². The molecule has 6 nitrogen and oxygen atoms in total. The van der Waals surface area contributed by atoms with E-state index in [1.165, 1.54) is 6.07 Å². The Kier molecular flexibility index (Phi) is 3.95. The number of esters is 1. The van der Waals surface area contributed by atoms with E-state index in [1.807, 2.05) is 0 Å². The molecule has 0 N–H and O–H groups in total. The van der Waals surface area contributed by atoms with Crippen molar-refractivity contribution in [3.05, 3.63) is 29.3 Å². The SMILES string of the molecule is COC(=O)C1COC(=O)N1c1ccc(C#N)c(C(F)(F)F)c1. The van der Waals surface area contributed by atoms with Crippen molar-refractivity contribution in [3.63, 3.8) is 0 Å². The lowest BCUT2D eigenvalue weighted by Gasteiger charge is -2.21. The van der Waals surface area contributed by atoms with E-state index in [1.54, 1.807) is 0 Å². The average Bonchev–Trinajstić information content (AvgIpc) is 2.86. The highest BCUT2D eigenvalue weighted by atomic mass is 19.4. The summed E-state index contributed by atoms with van der Waals surface area (Å²) in [6.07, 6.45) is -5.74. The number of ether oxygens (including phenoxy) is 2. The first-order valence-electron chi connectivity index (χ1n) is 5.94. The number of anilines is 1. The van der Waals surface area contributed by atoms with Crippen molar-refractivity contribution in [3.8, 4) is 6.07 Å². The summed E-state index contributed by atoms with van der Waals surface area (Å²) in [4.78, 5) is 24.0. The zero-order valence-electron chi connectivity index (χ0n) is 11.2. The predicted molar refractivity (Wildman–Crippen MR) is 65.8 cm³/mol. The highest BCUT2D eigenvalue weighted by Crippen LogP contribution is 2.35. The van der Waals surface area contributed by atoms with Crippen LogP contribution in [0.15, 0.2) is 18.2 Å². The van der Waals surface area contributed by atoms with Crippen LogP contribution in [0.4, 0.5) is 23.7 Å². The second kappa shape index (κ2) is 5.55. The van der Waals surface area contributed by atoms with Crippen LogP contribution in [-0.2, 0) is 20.4 Å². The van der Waals surface area contributed by atoms with Crippen molar-refractivity contribution in [2.24, 2.45) is 0 Å². The minimum Gasteiger partial charge on any atom is -0.467 e. The molecule has 9 heteroatoms. The lowest BCUT2D eigenvalue weighted by atomic mass is 10.1. The molecule has 1 amide bonds. The summed E-state index contributed by atoms with van der Waals surface area (Å²) in [6.45, 7) is -0.327. The van der Waals surface area contributed by atoms with E-state index in [9.17, 15) is 22.8 Å². The summed E-state index contributed by atoms with van der Waals surface area (Å²) in [6, 6.07) is 2.95. The van der Waals surface area contributed by atoms with Crippen LogP contribution in [0.5, 0.6) is 0 Å². The van der Waals surface area contributed by atoms with E-state index in [0.29, 0.717) is 6.07 Å². The number of carbonyl (C=O) groups excluding carboxylic acids is 2. The molecule has 1 unspecified atom stereocenters. The molecule has 0 radical (unpaired) electrons. The molecule has 0 saturated carbocycles. The highest BCUT2D eigenvalue weighted by Gasteiger charge is 2.41. The second-order valence-corrected chi connectivity index (χ2v) is 4.33. The van der Waals surface area contributed by atoms with Gasteiger partial charge in [0.2, 0.25) is 0 Å². The summed E-state index contributed by atoms with van der Waals surface area (Å²) in [5.74, 6) is -0.816. The number of benzene rings is 1. The van der Waals surface area contributed by atoms with Gasteiger partial charge in [0.1, 0.15) is 6.61 Å². The summed E-state index contributed by atoms with van der Waals surface area (Å²) >= 11 is 0. The fraction of sp³-hybridized carbons (Fsp3) is 0.308. The van der Waals surface area contributed by atoms with E-state index in [-0.39, 0.29) is 12.3 Å². The fourth-order valence-corrected chi connectivity index (χ4v) is 2.03. The number of rotatable bonds is 2. The van der Waals surface area contributed by atoms with Crippen molar-refractivity contribution < 1.29 is 32.2 Å². The number of hydrogen-bond donors (Lipinski definition) is 0. The summed E-state index contributed by atoms with van der Waals surface area (Å²) in [5.41, 5.74) is -1.99. The molecule has 0 spiro atoms. The third-order valence-electron chi connectivity index (χ3n) is 3.05. The molecule has 116 valence electrons. The molecule has 1 fully saturated rings. The topological polar surface area (TPSA) is 79.6 Å². The van der Waals surface area contributed by atoms with Crippen molar-refractivity contribution in [1.29, 1.82) is 5.26 Å². The van der Waals surface area contributed by atoms with Gasteiger partial charge in [-0.2, -0.15) is 18.4 Å².